The van der Waals surface area contributed by atoms with Crippen molar-refractivity contribution in [2.45, 2.75) is 25.9 Å². The molecule has 3 heteroatoms. The molecule has 0 aliphatic heterocycles. The molecular formula is C21H25N3. The molecule has 124 valence electrons. The number of benzene rings is 2. The van der Waals surface area contributed by atoms with Crippen LogP contribution < -0.4 is 0 Å². The quantitative estimate of drug-likeness (QED) is 0.653. The number of hydrogen-bond donors (Lipinski definition) is 0. The molecule has 0 aliphatic carbocycles. The first-order chi connectivity index (χ1) is 11.7. The van der Waals surface area contributed by atoms with Crippen LogP contribution in [0.25, 0.3) is 0 Å². The molecule has 0 spiro atoms. The minimum Gasteiger partial charge on any atom is -0.333 e. The summed E-state index contributed by atoms with van der Waals surface area (Å²) in [5, 5.41) is 0. The largest absolute Gasteiger partial charge is 0.333 e. The molecule has 1 heterocycles. The van der Waals surface area contributed by atoms with Gasteiger partial charge in [-0.05, 0) is 31.5 Å². The van der Waals surface area contributed by atoms with E-state index in [2.05, 4.69) is 89.1 Å². The van der Waals surface area contributed by atoms with Crippen molar-refractivity contribution in [1.29, 1.82) is 0 Å². The second-order valence-corrected chi connectivity index (χ2v) is 6.33. The molecule has 1 atom stereocenters. The third-order valence-corrected chi connectivity index (χ3v) is 4.60. The maximum atomic E-state index is 4.27. The molecule has 3 nitrogen and oxygen atoms in total. The predicted octanol–water partition coefficient (Wildman–Crippen LogP) is 4.11. The zero-order valence-corrected chi connectivity index (χ0v) is 14.5. The highest BCUT2D eigenvalue weighted by Gasteiger charge is 2.18. The van der Waals surface area contributed by atoms with E-state index in [1.807, 2.05) is 12.5 Å². The first-order valence-electron chi connectivity index (χ1n) is 8.50. The summed E-state index contributed by atoms with van der Waals surface area (Å²) < 4.78 is 2.23. The van der Waals surface area contributed by atoms with Gasteiger partial charge in [-0.15, -0.1) is 0 Å². The van der Waals surface area contributed by atoms with Crippen LogP contribution in [-0.4, -0.2) is 28.0 Å². The number of imidazole rings is 1. The van der Waals surface area contributed by atoms with Gasteiger partial charge >= 0.3 is 0 Å². The van der Waals surface area contributed by atoms with E-state index in [-0.39, 0.29) is 0 Å². The molecular weight excluding hydrogens is 294 g/mol. The molecule has 0 bridgehead atoms. The smallest absolute Gasteiger partial charge is 0.0948 e. The van der Waals surface area contributed by atoms with Crippen molar-refractivity contribution in [2.24, 2.45) is 0 Å². The minimum atomic E-state index is 0.336. The van der Waals surface area contributed by atoms with Crippen molar-refractivity contribution in [3.8, 4) is 0 Å². The zero-order chi connectivity index (χ0) is 16.8. The normalized spacial score (nSPS) is 12.5. The lowest BCUT2D eigenvalue weighted by Gasteiger charge is -2.29. The summed E-state index contributed by atoms with van der Waals surface area (Å²) in [7, 11) is 2.22. The Balaban J connectivity index is 1.75. The standard InChI is InChI=1S/C21H25N3/c1-18-15-22-17-24(18)16-21(20-11-7-4-8-12-20)23(2)14-13-19-9-5-3-6-10-19/h3-12,15,17,21H,13-14,16H2,1-2H3. The van der Waals surface area contributed by atoms with Crippen molar-refractivity contribution in [3.05, 3.63) is 90.0 Å². The predicted molar refractivity (Wildman–Crippen MR) is 98.9 cm³/mol. The fourth-order valence-corrected chi connectivity index (χ4v) is 3.04. The number of hydrogen-bond acceptors (Lipinski definition) is 2. The highest BCUT2D eigenvalue weighted by Crippen LogP contribution is 2.22. The topological polar surface area (TPSA) is 21.1 Å². The van der Waals surface area contributed by atoms with E-state index in [1.54, 1.807) is 0 Å². The van der Waals surface area contributed by atoms with Crippen LogP contribution in [0.2, 0.25) is 0 Å². The molecule has 0 radical (unpaired) electrons. The Morgan fingerprint density at radius 3 is 2.29 bits per heavy atom. The van der Waals surface area contributed by atoms with E-state index in [4.69, 9.17) is 0 Å². The van der Waals surface area contributed by atoms with Crippen LogP contribution in [-0.2, 0) is 13.0 Å². The summed E-state index contributed by atoms with van der Waals surface area (Å²) in [4.78, 5) is 6.71. The van der Waals surface area contributed by atoms with Crippen LogP contribution in [0.15, 0.2) is 73.2 Å². The SMILES string of the molecule is Cc1cncn1CC(c1ccccc1)N(C)CCc1ccccc1. The van der Waals surface area contributed by atoms with E-state index >= 15 is 0 Å². The van der Waals surface area contributed by atoms with Crippen molar-refractivity contribution in [1.82, 2.24) is 14.5 Å². The first kappa shape index (κ1) is 16.5. The van der Waals surface area contributed by atoms with Crippen LogP contribution in [0.1, 0.15) is 22.9 Å². The summed E-state index contributed by atoms with van der Waals surface area (Å²) in [6.45, 7) is 4.05. The highest BCUT2D eigenvalue weighted by molar-refractivity contribution is 5.20. The molecule has 0 saturated heterocycles. The molecule has 0 fully saturated rings. The van der Waals surface area contributed by atoms with Gasteiger partial charge in [0, 0.05) is 25.0 Å². The van der Waals surface area contributed by atoms with Crippen molar-refractivity contribution in [2.75, 3.05) is 13.6 Å². The maximum Gasteiger partial charge on any atom is 0.0948 e. The third kappa shape index (κ3) is 4.12. The van der Waals surface area contributed by atoms with E-state index in [1.165, 1.54) is 16.8 Å². The molecule has 0 aliphatic rings. The third-order valence-electron chi connectivity index (χ3n) is 4.60. The number of aryl methyl sites for hydroxylation is 1. The van der Waals surface area contributed by atoms with Crippen LogP contribution in [0.4, 0.5) is 0 Å². The van der Waals surface area contributed by atoms with Crippen molar-refractivity contribution < 1.29 is 0 Å². The Morgan fingerprint density at radius 1 is 1.00 bits per heavy atom. The highest BCUT2D eigenvalue weighted by atomic mass is 15.2. The van der Waals surface area contributed by atoms with E-state index in [0.29, 0.717) is 6.04 Å². The summed E-state index contributed by atoms with van der Waals surface area (Å²) in [6, 6.07) is 21.8. The fourth-order valence-electron chi connectivity index (χ4n) is 3.04. The summed E-state index contributed by atoms with van der Waals surface area (Å²) in [5.41, 5.74) is 3.93. The van der Waals surface area contributed by atoms with Gasteiger partial charge in [-0.1, -0.05) is 60.7 Å². The van der Waals surface area contributed by atoms with E-state index in [9.17, 15) is 0 Å². The maximum absolute atomic E-state index is 4.27. The number of aromatic nitrogens is 2. The lowest BCUT2D eigenvalue weighted by Crippen LogP contribution is -2.30. The Morgan fingerprint density at radius 2 is 1.67 bits per heavy atom. The van der Waals surface area contributed by atoms with Gasteiger partial charge in [0.25, 0.3) is 0 Å². The van der Waals surface area contributed by atoms with Gasteiger partial charge in [0.05, 0.1) is 12.4 Å². The lowest BCUT2D eigenvalue weighted by molar-refractivity contribution is 0.223. The summed E-state index contributed by atoms with van der Waals surface area (Å²) in [6.07, 6.45) is 4.91. The molecule has 1 aromatic heterocycles. The molecule has 0 N–H and O–H groups in total. The van der Waals surface area contributed by atoms with Crippen LogP contribution in [0.5, 0.6) is 0 Å². The monoisotopic (exact) mass is 319 g/mol. The van der Waals surface area contributed by atoms with Gasteiger partial charge < -0.3 is 4.57 Å². The van der Waals surface area contributed by atoms with Crippen LogP contribution >= 0.6 is 0 Å². The molecule has 0 saturated carbocycles. The number of rotatable bonds is 7. The van der Waals surface area contributed by atoms with Crippen LogP contribution in [0.3, 0.4) is 0 Å². The number of likely N-dealkylation sites (N-methyl/N-ethyl adjacent to an activating group) is 1. The van der Waals surface area contributed by atoms with Crippen molar-refractivity contribution >= 4 is 0 Å². The van der Waals surface area contributed by atoms with Gasteiger partial charge in [0.15, 0.2) is 0 Å². The Kier molecular flexibility index (Phi) is 5.44. The van der Waals surface area contributed by atoms with E-state index in [0.717, 1.165) is 19.5 Å². The summed E-state index contributed by atoms with van der Waals surface area (Å²) >= 11 is 0. The minimum absolute atomic E-state index is 0.336. The second-order valence-electron chi connectivity index (χ2n) is 6.33. The van der Waals surface area contributed by atoms with Gasteiger partial charge in [-0.2, -0.15) is 0 Å². The molecule has 3 rings (SSSR count). The molecule has 24 heavy (non-hydrogen) atoms. The molecule has 3 aromatic rings. The van der Waals surface area contributed by atoms with Gasteiger partial charge in [-0.25, -0.2) is 4.98 Å². The average molecular weight is 319 g/mol. The van der Waals surface area contributed by atoms with Gasteiger partial charge in [-0.3, -0.25) is 4.90 Å². The molecule has 1 unspecified atom stereocenters. The Labute approximate surface area is 144 Å². The lowest BCUT2D eigenvalue weighted by atomic mass is 10.0. The summed E-state index contributed by atoms with van der Waals surface area (Å²) in [5.74, 6) is 0. The Bertz CT molecular complexity index is 734. The van der Waals surface area contributed by atoms with Gasteiger partial charge in [0.1, 0.15) is 0 Å². The molecule has 0 amide bonds. The Hall–Kier alpha value is -2.39. The first-order valence-corrected chi connectivity index (χ1v) is 8.50. The average Bonchev–Trinajstić information content (AvgIpc) is 3.04. The van der Waals surface area contributed by atoms with Gasteiger partial charge in [0.2, 0.25) is 0 Å². The fraction of sp³-hybridized carbons (Fsp3) is 0.286. The number of nitrogens with zero attached hydrogens (tertiary/aromatic N) is 3. The zero-order valence-electron chi connectivity index (χ0n) is 14.5. The van der Waals surface area contributed by atoms with Crippen LogP contribution in [0, 0.1) is 6.92 Å². The second kappa shape index (κ2) is 7.93. The molecule has 2 aromatic carbocycles. The van der Waals surface area contributed by atoms with Crippen molar-refractivity contribution in [3.63, 3.8) is 0 Å². The van der Waals surface area contributed by atoms with E-state index < -0.39 is 0 Å².